The molecule has 2 aromatic rings. The van der Waals surface area contributed by atoms with Crippen molar-refractivity contribution in [3.63, 3.8) is 0 Å². The van der Waals surface area contributed by atoms with Crippen LogP contribution in [0.1, 0.15) is 4.88 Å². The summed E-state index contributed by atoms with van der Waals surface area (Å²) in [6.07, 6.45) is 0. The Hall–Kier alpha value is -0.870. The van der Waals surface area contributed by atoms with Crippen LogP contribution in [0, 0.1) is 0 Å². The number of thiophene rings is 2. The molecular formula is C10H14B2O6S2. The number of rotatable bonds is 4. The van der Waals surface area contributed by atoms with Gasteiger partial charge in [0.1, 0.15) is 0 Å². The lowest BCUT2D eigenvalue weighted by molar-refractivity contribution is 0.285. The van der Waals surface area contributed by atoms with Crippen LogP contribution in [0.3, 0.4) is 0 Å². The van der Waals surface area contributed by atoms with Crippen LogP contribution in [-0.2, 0) is 6.61 Å². The maximum Gasteiger partial charge on any atom is 0.489 e. The fourth-order valence-electron chi connectivity index (χ4n) is 1.19. The van der Waals surface area contributed by atoms with E-state index in [9.17, 15) is 0 Å². The lowest BCUT2D eigenvalue weighted by Gasteiger charge is -1.90. The molecule has 0 bridgehead atoms. The molecule has 0 unspecified atom stereocenters. The normalized spacial score (nSPS) is 9.70. The monoisotopic (exact) mass is 316 g/mol. The molecular weight excluding hydrogens is 302 g/mol. The standard InChI is InChI=1S/2C5H7BO3S/c1-9-5-2-4(3-10-5)6(7)8;7-2-5-1-4(3-10-5)6(8)9/h2-3,7-8H,1H3;1,3,7-9H,2H2. The molecule has 6 nitrogen and oxygen atoms in total. The van der Waals surface area contributed by atoms with E-state index in [1.54, 1.807) is 30.0 Å². The highest BCUT2D eigenvalue weighted by Gasteiger charge is 2.13. The van der Waals surface area contributed by atoms with Crippen LogP contribution in [0.25, 0.3) is 0 Å². The molecule has 0 spiro atoms. The first kappa shape index (κ1) is 17.2. The molecule has 2 heterocycles. The van der Waals surface area contributed by atoms with Crippen LogP contribution in [-0.4, -0.2) is 46.5 Å². The first-order valence-electron chi connectivity index (χ1n) is 5.50. The smallest absolute Gasteiger partial charge is 0.487 e. The lowest BCUT2D eigenvalue weighted by Crippen LogP contribution is -2.27. The van der Waals surface area contributed by atoms with Crippen molar-refractivity contribution in [2.45, 2.75) is 6.61 Å². The van der Waals surface area contributed by atoms with Crippen LogP contribution < -0.4 is 15.7 Å². The minimum Gasteiger partial charge on any atom is -0.487 e. The van der Waals surface area contributed by atoms with Crippen LogP contribution in [0.2, 0.25) is 0 Å². The Balaban J connectivity index is 0.000000200. The van der Waals surface area contributed by atoms with Gasteiger partial charge in [0.05, 0.1) is 13.7 Å². The molecule has 0 saturated carbocycles. The van der Waals surface area contributed by atoms with Crippen LogP contribution >= 0.6 is 22.7 Å². The van der Waals surface area contributed by atoms with E-state index in [1.807, 2.05) is 0 Å². The first-order chi connectivity index (χ1) is 9.47. The van der Waals surface area contributed by atoms with Crippen molar-refractivity contribution in [1.82, 2.24) is 0 Å². The van der Waals surface area contributed by atoms with Crippen molar-refractivity contribution >= 4 is 47.8 Å². The predicted molar refractivity (Wildman–Crippen MR) is 80.8 cm³/mol. The molecule has 20 heavy (non-hydrogen) atoms. The third kappa shape index (κ3) is 5.25. The van der Waals surface area contributed by atoms with E-state index in [4.69, 9.17) is 29.9 Å². The molecule has 0 aromatic carbocycles. The summed E-state index contributed by atoms with van der Waals surface area (Å²) in [5.41, 5.74) is 0.913. The quantitative estimate of drug-likeness (QED) is 0.433. The molecule has 2 rings (SSSR count). The number of hydrogen-bond donors (Lipinski definition) is 5. The van der Waals surface area contributed by atoms with E-state index in [2.05, 4.69) is 0 Å². The molecule has 0 aliphatic rings. The molecule has 2 aromatic heterocycles. The van der Waals surface area contributed by atoms with Crippen LogP contribution in [0.15, 0.2) is 22.9 Å². The highest BCUT2D eigenvalue weighted by atomic mass is 32.1. The zero-order chi connectivity index (χ0) is 15.1. The molecule has 0 saturated heterocycles. The number of methoxy groups -OCH3 is 1. The summed E-state index contributed by atoms with van der Waals surface area (Å²) in [5, 5.41) is 47.0. The van der Waals surface area contributed by atoms with Gasteiger partial charge in [-0.15, -0.1) is 22.7 Å². The first-order valence-corrected chi connectivity index (χ1v) is 7.26. The van der Waals surface area contributed by atoms with Crippen molar-refractivity contribution < 1.29 is 29.9 Å². The molecule has 5 N–H and O–H groups in total. The number of hydrogen-bond acceptors (Lipinski definition) is 8. The summed E-state index contributed by atoms with van der Waals surface area (Å²) in [4.78, 5) is 0.739. The van der Waals surface area contributed by atoms with Gasteiger partial charge < -0.3 is 29.9 Å². The fraction of sp³-hybridized carbons (Fsp3) is 0.200. The van der Waals surface area contributed by atoms with Gasteiger partial charge in [0.2, 0.25) is 0 Å². The molecule has 0 fully saturated rings. The van der Waals surface area contributed by atoms with Gasteiger partial charge in [0.25, 0.3) is 0 Å². The Kier molecular flexibility index (Phi) is 7.24. The Bertz CT molecular complexity index is 467. The number of aliphatic hydroxyl groups is 1. The summed E-state index contributed by atoms with van der Waals surface area (Å²) in [6.45, 7) is -0.0443. The number of ether oxygens (including phenoxy) is 1. The second-order valence-corrected chi connectivity index (χ2v) is 5.52. The van der Waals surface area contributed by atoms with Gasteiger partial charge in [-0.1, -0.05) is 0 Å². The Morgan fingerprint density at radius 3 is 1.85 bits per heavy atom. The van der Waals surface area contributed by atoms with Crippen molar-refractivity contribution in [2.24, 2.45) is 0 Å². The van der Waals surface area contributed by atoms with Crippen molar-refractivity contribution in [3.05, 3.63) is 27.8 Å². The molecule has 0 radical (unpaired) electrons. The Morgan fingerprint density at radius 1 is 1.00 bits per heavy atom. The molecule has 0 amide bonds. The van der Waals surface area contributed by atoms with E-state index in [0.29, 0.717) is 16.0 Å². The third-order valence-corrected chi connectivity index (χ3v) is 4.07. The number of aliphatic hydroxyl groups excluding tert-OH is 1. The van der Waals surface area contributed by atoms with E-state index >= 15 is 0 Å². The van der Waals surface area contributed by atoms with Crippen molar-refractivity contribution in [2.75, 3.05) is 7.11 Å². The van der Waals surface area contributed by atoms with Gasteiger partial charge in [0.15, 0.2) is 5.06 Å². The van der Waals surface area contributed by atoms with Gasteiger partial charge in [-0.05, 0) is 33.8 Å². The second-order valence-electron chi connectivity index (χ2n) is 3.66. The lowest BCUT2D eigenvalue weighted by atomic mass is 9.83. The fourth-order valence-corrected chi connectivity index (χ4v) is 2.69. The second kappa shape index (κ2) is 8.42. The summed E-state index contributed by atoms with van der Waals surface area (Å²) < 4.78 is 4.84. The van der Waals surface area contributed by atoms with Gasteiger partial charge in [-0.25, -0.2) is 0 Å². The van der Waals surface area contributed by atoms with E-state index in [1.165, 1.54) is 22.7 Å². The minimum atomic E-state index is -1.42. The van der Waals surface area contributed by atoms with E-state index in [-0.39, 0.29) is 6.61 Å². The average Bonchev–Trinajstić information content (AvgIpc) is 3.08. The van der Waals surface area contributed by atoms with Gasteiger partial charge >= 0.3 is 14.2 Å². The summed E-state index contributed by atoms with van der Waals surface area (Å²) in [7, 11) is -1.27. The van der Waals surface area contributed by atoms with Crippen molar-refractivity contribution in [3.8, 4) is 5.06 Å². The molecule has 0 aliphatic carbocycles. The third-order valence-electron chi connectivity index (χ3n) is 2.22. The molecule has 108 valence electrons. The zero-order valence-electron chi connectivity index (χ0n) is 10.6. The van der Waals surface area contributed by atoms with Gasteiger partial charge in [-0.3, -0.25) is 0 Å². The highest BCUT2D eigenvalue weighted by molar-refractivity contribution is 7.13. The largest absolute Gasteiger partial charge is 0.489 e. The summed E-state index contributed by atoms with van der Waals surface area (Å²) in [6, 6.07) is 3.16. The Morgan fingerprint density at radius 2 is 1.55 bits per heavy atom. The summed E-state index contributed by atoms with van der Waals surface area (Å²) in [5.74, 6) is 0. The minimum absolute atomic E-state index is 0.0443. The summed E-state index contributed by atoms with van der Waals surface area (Å²) >= 11 is 2.64. The Labute approximate surface area is 124 Å². The van der Waals surface area contributed by atoms with E-state index < -0.39 is 14.2 Å². The van der Waals surface area contributed by atoms with Crippen LogP contribution in [0.4, 0.5) is 0 Å². The maximum atomic E-state index is 8.64. The van der Waals surface area contributed by atoms with Crippen LogP contribution in [0.5, 0.6) is 5.06 Å². The zero-order valence-corrected chi connectivity index (χ0v) is 12.3. The highest BCUT2D eigenvalue weighted by Crippen LogP contribution is 2.15. The predicted octanol–water partition coefficient (Wildman–Crippen LogP) is -1.64. The van der Waals surface area contributed by atoms with Gasteiger partial charge in [-0.2, -0.15) is 0 Å². The molecule has 0 atom stereocenters. The SMILES string of the molecule is COc1cc(B(O)O)cs1.OCc1cc(B(O)O)cs1. The van der Waals surface area contributed by atoms with Gasteiger partial charge in [0, 0.05) is 4.88 Å². The van der Waals surface area contributed by atoms with E-state index in [0.717, 1.165) is 4.88 Å². The maximum absolute atomic E-state index is 8.64. The molecule has 0 aliphatic heterocycles. The average molecular weight is 316 g/mol. The molecule has 10 heteroatoms. The topological polar surface area (TPSA) is 110 Å². The van der Waals surface area contributed by atoms with Crippen molar-refractivity contribution in [1.29, 1.82) is 0 Å².